The third-order valence-corrected chi connectivity index (χ3v) is 2.30. The van der Waals surface area contributed by atoms with E-state index in [1.165, 1.54) is 18.4 Å². The number of nitrogens with zero attached hydrogens (tertiary/aromatic N) is 1. The van der Waals surface area contributed by atoms with Crippen molar-refractivity contribution in [1.82, 2.24) is 10.3 Å². The van der Waals surface area contributed by atoms with Gasteiger partial charge in [-0.25, -0.2) is 0 Å². The summed E-state index contributed by atoms with van der Waals surface area (Å²) in [5, 5.41) is 3.42. The van der Waals surface area contributed by atoms with Crippen LogP contribution in [0.25, 0.3) is 6.08 Å². The topological polar surface area (TPSA) is 24.9 Å². The molecular weight excluding hydrogens is 160 g/mol. The van der Waals surface area contributed by atoms with E-state index in [1.54, 1.807) is 6.20 Å². The van der Waals surface area contributed by atoms with Gasteiger partial charge in [0.1, 0.15) is 0 Å². The molecule has 1 atom stereocenters. The van der Waals surface area contributed by atoms with Crippen LogP contribution in [0.3, 0.4) is 0 Å². The lowest BCUT2D eigenvalue weighted by atomic mass is 10.2. The molecule has 0 spiro atoms. The molecule has 2 heteroatoms. The van der Waals surface area contributed by atoms with Crippen molar-refractivity contribution < 1.29 is 0 Å². The second-order valence-corrected chi connectivity index (χ2v) is 3.35. The van der Waals surface area contributed by atoms with E-state index in [4.69, 9.17) is 0 Å². The van der Waals surface area contributed by atoms with Crippen molar-refractivity contribution >= 4 is 6.08 Å². The summed E-state index contributed by atoms with van der Waals surface area (Å²) in [6, 6.07) is 4.60. The van der Waals surface area contributed by atoms with Gasteiger partial charge in [0.05, 0.1) is 0 Å². The van der Waals surface area contributed by atoms with E-state index in [2.05, 4.69) is 28.5 Å². The normalized spacial score (nSPS) is 22.6. The van der Waals surface area contributed by atoms with Gasteiger partial charge in [0, 0.05) is 18.4 Å². The predicted molar refractivity (Wildman–Crippen MR) is 54.3 cm³/mol. The lowest BCUT2D eigenvalue weighted by Gasteiger charge is -2.01. The van der Waals surface area contributed by atoms with Crippen molar-refractivity contribution in [2.24, 2.45) is 0 Å². The summed E-state index contributed by atoms with van der Waals surface area (Å²) in [6.45, 7) is 1.15. The molecule has 1 saturated heterocycles. The van der Waals surface area contributed by atoms with E-state index in [-0.39, 0.29) is 0 Å². The molecule has 2 rings (SSSR count). The van der Waals surface area contributed by atoms with Crippen LogP contribution in [0.5, 0.6) is 0 Å². The molecule has 1 aliphatic rings. The molecule has 0 radical (unpaired) electrons. The summed E-state index contributed by atoms with van der Waals surface area (Å²) in [6.07, 6.45) is 10.6. The van der Waals surface area contributed by atoms with Crippen molar-refractivity contribution in [3.8, 4) is 0 Å². The molecule has 2 nitrogen and oxygen atoms in total. The largest absolute Gasteiger partial charge is 0.311 e. The lowest BCUT2D eigenvalue weighted by Crippen LogP contribution is -2.17. The summed E-state index contributed by atoms with van der Waals surface area (Å²) in [7, 11) is 0. The molecule has 1 aromatic rings. The van der Waals surface area contributed by atoms with E-state index in [0.29, 0.717) is 6.04 Å². The average molecular weight is 174 g/mol. The molecular formula is C11H14N2. The maximum absolute atomic E-state index is 4.06. The molecule has 1 aliphatic heterocycles. The van der Waals surface area contributed by atoms with Gasteiger partial charge in [0.15, 0.2) is 0 Å². The van der Waals surface area contributed by atoms with Gasteiger partial charge in [-0.15, -0.1) is 0 Å². The van der Waals surface area contributed by atoms with Gasteiger partial charge in [0.25, 0.3) is 0 Å². The SMILES string of the molecule is C(=C\C1CCCN1)/c1cccnc1. The van der Waals surface area contributed by atoms with Gasteiger partial charge in [0.2, 0.25) is 0 Å². The highest BCUT2D eigenvalue weighted by Gasteiger charge is 2.09. The summed E-state index contributed by atoms with van der Waals surface area (Å²) in [4.78, 5) is 4.06. The highest BCUT2D eigenvalue weighted by molar-refractivity contribution is 5.48. The van der Waals surface area contributed by atoms with Crippen LogP contribution in [-0.2, 0) is 0 Å². The predicted octanol–water partition coefficient (Wildman–Crippen LogP) is 1.85. The lowest BCUT2D eigenvalue weighted by molar-refractivity contribution is 0.730. The summed E-state index contributed by atoms with van der Waals surface area (Å²) >= 11 is 0. The minimum Gasteiger partial charge on any atom is -0.311 e. The van der Waals surface area contributed by atoms with Gasteiger partial charge < -0.3 is 5.32 Å². The highest BCUT2D eigenvalue weighted by Crippen LogP contribution is 2.08. The number of rotatable bonds is 2. The van der Waals surface area contributed by atoms with Gasteiger partial charge >= 0.3 is 0 Å². The first kappa shape index (κ1) is 8.45. The molecule has 0 bridgehead atoms. The first-order chi connectivity index (χ1) is 6.45. The highest BCUT2D eigenvalue weighted by atomic mass is 14.9. The smallest absolute Gasteiger partial charge is 0.0340 e. The monoisotopic (exact) mass is 174 g/mol. The molecule has 13 heavy (non-hydrogen) atoms. The molecule has 0 aromatic carbocycles. The average Bonchev–Trinajstić information content (AvgIpc) is 2.69. The molecule has 2 heterocycles. The van der Waals surface area contributed by atoms with Crippen LogP contribution in [0.15, 0.2) is 30.6 Å². The van der Waals surface area contributed by atoms with E-state index >= 15 is 0 Å². The van der Waals surface area contributed by atoms with Gasteiger partial charge in [-0.2, -0.15) is 0 Å². The van der Waals surface area contributed by atoms with Crippen LogP contribution >= 0.6 is 0 Å². The Morgan fingerprint density at radius 2 is 2.54 bits per heavy atom. The first-order valence-corrected chi connectivity index (χ1v) is 4.77. The van der Waals surface area contributed by atoms with Crippen molar-refractivity contribution in [3.05, 3.63) is 36.2 Å². The number of pyridine rings is 1. The van der Waals surface area contributed by atoms with E-state index in [9.17, 15) is 0 Å². The standard InChI is InChI=1S/C11H14N2/c1-3-10(9-12-7-1)5-6-11-4-2-8-13-11/h1,3,5-7,9,11,13H,2,4,8H2/b6-5+. The number of aromatic nitrogens is 1. The van der Waals surface area contributed by atoms with Crippen LogP contribution in [0.2, 0.25) is 0 Å². The van der Waals surface area contributed by atoms with Crippen molar-refractivity contribution in [3.63, 3.8) is 0 Å². The molecule has 1 aromatic heterocycles. The number of nitrogens with one attached hydrogen (secondary N) is 1. The molecule has 0 amide bonds. The Hall–Kier alpha value is -1.15. The Morgan fingerprint density at radius 3 is 3.23 bits per heavy atom. The fourth-order valence-corrected chi connectivity index (χ4v) is 1.58. The van der Waals surface area contributed by atoms with Crippen LogP contribution in [0.4, 0.5) is 0 Å². The van der Waals surface area contributed by atoms with E-state index in [0.717, 1.165) is 6.54 Å². The maximum atomic E-state index is 4.06. The van der Waals surface area contributed by atoms with Crippen LogP contribution < -0.4 is 5.32 Å². The summed E-state index contributed by atoms with van der Waals surface area (Å²) in [5.74, 6) is 0. The minimum atomic E-state index is 0.570. The fraction of sp³-hybridized carbons (Fsp3) is 0.364. The Labute approximate surface area is 78.7 Å². The first-order valence-electron chi connectivity index (χ1n) is 4.77. The third kappa shape index (κ3) is 2.39. The minimum absolute atomic E-state index is 0.570. The molecule has 0 saturated carbocycles. The maximum Gasteiger partial charge on any atom is 0.0340 e. The van der Waals surface area contributed by atoms with Gasteiger partial charge in [-0.1, -0.05) is 18.2 Å². The van der Waals surface area contributed by atoms with Crippen LogP contribution in [0.1, 0.15) is 18.4 Å². The molecule has 1 fully saturated rings. The Balaban J connectivity index is 1.97. The summed E-state index contributed by atoms with van der Waals surface area (Å²) in [5.41, 5.74) is 1.18. The quantitative estimate of drug-likeness (QED) is 0.740. The van der Waals surface area contributed by atoms with Crippen molar-refractivity contribution in [2.75, 3.05) is 6.54 Å². The van der Waals surface area contributed by atoms with Gasteiger partial charge in [-0.05, 0) is 31.0 Å². The van der Waals surface area contributed by atoms with E-state index in [1.807, 2.05) is 12.3 Å². The summed E-state index contributed by atoms with van der Waals surface area (Å²) < 4.78 is 0. The van der Waals surface area contributed by atoms with Crippen molar-refractivity contribution in [1.29, 1.82) is 0 Å². The molecule has 1 unspecified atom stereocenters. The Kier molecular flexibility index (Phi) is 2.72. The molecule has 68 valence electrons. The second-order valence-electron chi connectivity index (χ2n) is 3.35. The second kappa shape index (κ2) is 4.19. The molecule has 0 aliphatic carbocycles. The number of hydrogen-bond donors (Lipinski definition) is 1. The van der Waals surface area contributed by atoms with Crippen molar-refractivity contribution in [2.45, 2.75) is 18.9 Å². The van der Waals surface area contributed by atoms with E-state index < -0.39 is 0 Å². The van der Waals surface area contributed by atoms with Crippen LogP contribution in [-0.4, -0.2) is 17.6 Å². The van der Waals surface area contributed by atoms with Crippen LogP contribution in [0, 0.1) is 0 Å². The van der Waals surface area contributed by atoms with Gasteiger partial charge in [-0.3, -0.25) is 4.98 Å². The molecule has 1 N–H and O–H groups in total. The zero-order valence-corrected chi connectivity index (χ0v) is 7.61. The Bertz CT molecular complexity index is 273. The fourth-order valence-electron chi connectivity index (χ4n) is 1.58. The number of hydrogen-bond acceptors (Lipinski definition) is 2. The Morgan fingerprint density at radius 1 is 1.54 bits per heavy atom. The zero-order chi connectivity index (χ0) is 8.93. The third-order valence-electron chi connectivity index (χ3n) is 2.30. The zero-order valence-electron chi connectivity index (χ0n) is 7.61.